The molecule has 30 heavy (non-hydrogen) atoms. The van der Waals surface area contributed by atoms with Crippen LogP contribution in [0.25, 0.3) is 11.4 Å². The monoisotopic (exact) mass is 426 g/mol. The van der Waals surface area contributed by atoms with Crippen molar-refractivity contribution in [3.63, 3.8) is 0 Å². The van der Waals surface area contributed by atoms with Gasteiger partial charge in [-0.3, -0.25) is 9.47 Å². The Bertz CT molecular complexity index is 1010. The number of hydrogen-bond acceptors (Lipinski definition) is 5. The van der Waals surface area contributed by atoms with Gasteiger partial charge in [0.25, 0.3) is 0 Å². The summed E-state index contributed by atoms with van der Waals surface area (Å²) in [6, 6.07) is 16.5. The van der Waals surface area contributed by atoms with Gasteiger partial charge in [0.05, 0.1) is 26.4 Å². The molecule has 1 heterocycles. The molecule has 0 N–H and O–H groups in total. The van der Waals surface area contributed by atoms with Crippen LogP contribution in [0.3, 0.4) is 0 Å². The summed E-state index contributed by atoms with van der Waals surface area (Å²) in [5, 5.41) is 4.85. The van der Waals surface area contributed by atoms with Crippen molar-refractivity contribution >= 4 is 12.2 Å². The van der Waals surface area contributed by atoms with E-state index in [9.17, 15) is 0 Å². The topological polar surface area (TPSA) is 44.5 Å². The van der Waals surface area contributed by atoms with E-state index in [1.807, 2.05) is 29.8 Å². The molecule has 0 radical (unpaired) electrons. The van der Waals surface area contributed by atoms with Crippen LogP contribution in [-0.2, 0) is 24.5 Å². The fourth-order valence-corrected chi connectivity index (χ4v) is 3.64. The Balaban J connectivity index is 1.80. The van der Waals surface area contributed by atoms with Gasteiger partial charge >= 0.3 is 0 Å². The molecular weight excluding hydrogens is 396 g/mol. The number of aryl methyl sites for hydroxylation is 1. The molecule has 3 aromatic rings. The molecule has 3 rings (SSSR count). The number of rotatable bonds is 10. The lowest BCUT2D eigenvalue weighted by atomic mass is 10.1. The first-order valence-corrected chi connectivity index (χ1v) is 10.6. The fraction of sp³-hybridized carbons (Fsp3) is 0.391. The summed E-state index contributed by atoms with van der Waals surface area (Å²) in [6.45, 7) is 7.39. The number of hydrogen-bond donors (Lipinski definition) is 0. The van der Waals surface area contributed by atoms with Crippen LogP contribution >= 0.6 is 12.2 Å². The largest absolute Gasteiger partial charge is 0.494 e. The summed E-state index contributed by atoms with van der Waals surface area (Å²) >= 11 is 5.75. The minimum atomic E-state index is 0.584. The standard InChI is InChI=1S/C23H30N4O2S/c1-5-29-21-11-9-19(10-12-21)16-25(3)17-27-23(30)26(13-14-28-4)22(24-27)20-8-6-7-18(2)15-20/h6-12,15H,5,13-14,16-17H2,1-4H3. The van der Waals surface area contributed by atoms with Crippen LogP contribution < -0.4 is 4.74 Å². The van der Waals surface area contributed by atoms with E-state index in [0.29, 0.717) is 31.2 Å². The smallest absolute Gasteiger partial charge is 0.199 e. The zero-order valence-corrected chi connectivity index (χ0v) is 19.0. The van der Waals surface area contributed by atoms with Crippen molar-refractivity contribution in [3.8, 4) is 17.1 Å². The highest BCUT2D eigenvalue weighted by atomic mass is 32.1. The van der Waals surface area contributed by atoms with E-state index in [0.717, 1.165) is 23.7 Å². The van der Waals surface area contributed by atoms with Crippen molar-refractivity contribution in [2.45, 2.75) is 33.6 Å². The highest BCUT2D eigenvalue weighted by Gasteiger charge is 2.14. The molecular formula is C23H30N4O2S. The van der Waals surface area contributed by atoms with Crippen LogP contribution in [0.4, 0.5) is 0 Å². The third-order valence-electron chi connectivity index (χ3n) is 4.78. The van der Waals surface area contributed by atoms with Gasteiger partial charge in [0.1, 0.15) is 5.75 Å². The number of methoxy groups -OCH3 is 1. The Morgan fingerprint density at radius 1 is 1.13 bits per heavy atom. The fourth-order valence-electron chi connectivity index (χ4n) is 3.36. The zero-order chi connectivity index (χ0) is 21.5. The molecule has 0 bridgehead atoms. The third-order valence-corrected chi connectivity index (χ3v) is 5.21. The van der Waals surface area contributed by atoms with E-state index < -0.39 is 0 Å². The van der Waals surface area contributed by atoms with Crippen LogP contribution in [0.15, 0.2) is 48.5 Å². The maximum Gasteiger partial charge on any atom is 0.199 e. The normalized spacial score (nSPS) is 11.2. The van der Waals surface area contributed by atoms with E-state index in [1.165, 1.54) is 11.1 Å². The lowest BCUT2D eigenvalue weighted by molar-refractivity contribution is 0.186. The van der Waals surface area contributed by atoms with Gasteiger partial charge in [0, 0.05) is 19.2 Å². The third kappa shape index (κ3) is 5.56. The minimum Gasteiger partial charge on any atom is -0.494 e. The van der Waals surface area contributed by atoms with Crippen molar-refractivity contribution in [1.82, 2.24) is 19.2 Å². The zero-order valence-electron chi connectivity index (χ0n) is 18.2. The van der Waals surface area contributed by atoms with Gasteiger partial charge in [-0.25, -0.2) is 4.68 Å². The maximum absolute atomic E-state index is 5.75. The maximum atomic E-state index is 5.75. The molecule has 0 saturated heterocycles. The van der Waals surface area contributed by atoms with E-state index in [1.54, 1.807) is 7.11 Å². The summed E-state index contributed by atoms with van der Waals surface area (Å²) in [7, 11) is 3.77. The number of aromatic nitrogens is 3. The van der Waals surface area contributed by atoms with Gasteiger partial charge in [-0.2, -0.15) is 5.10 Å². The predicted octanol–water partition coefficient (Wildman–Crippen LogP) is 4.52. The highest BCUT2D eigenvalue weighted by molar-refractivity contribution is 7.71. The highest BCUT2D eigenvalue weighted by Crippen LogP contribution is 2.20. The van der Waals surface area contributed by atoms with Crippen molar-refractivity contribution in [1.29, 1.82) is 0 Å². The van der Waals surface area contributed by atoms with Crippen LogP contribution in [0.5, 0.6) is 5.75 Å². The molecule has 0 atom stereocenters. The van der Waals surface area contributed by atoms with Gasteiger partial charge in [-0.1, -0.05) is 35.9 Å². The second-order valence-corrected chi connectivity index (χ2v) is 7.72. The van der Waals surface area contributed by atoms with Crippen molar-refractivity contribution in [2.24, 2.45) is 0 Å². The quantitative estimate of drug-likeness (QED) is 0.446. The SMILES string of the molecule is CCOc1ccc(CN(C)Cn2nc(-c3cccc(C)c3)n(CCOC)c2=S)cc1. The first-order valence-electron chi connectivity index (χ1n) is 10.2. The molecule has 0 amide bonds. The van der Waals surface area contributed by atoms with Crippen LogP contribution in [0.1, 0.15) is 18.1 Å². The summed E-state index contributed by atoms with van der Waals surface area (Å²) < 4.78 is 15.4. The van der Waals surface area contributed by atoms with Gasteiger partial charge in [-0.15, -0.1) is 0 Å². The first kappa shape index (κ1) is 22.2. The van der Waals surface area contributed by atoms with Gasteiger partial charge < -0.3 is 9.47 Å². The molecule has 7 heteroatoms. The van der Waals surface area contributed by atoms with Crippen LogP contribution in [0.2, 0.25) is 0 Å². The van der Waals surface area contributed by atoms with Crippen molar-refractivity contribution in [3.05, 3.63) is 64.4 Å². The van der Waals surface area contributed by atoms with E-state index >= 15 is 0 Å². The molecule has 1 aromatic heterocycles. The van der Waals surface area contributed by atoms with Crippen molar-refractivity contribution < 1.29 is 9.47 Å². The van der Waals surface area contributed by atoms with Gasteiger partial charge in [0.2, 0.25) is 0 Å². The van der Waals surface area contributed by atoms with Gasteiger partial charge in [0.15, 0.2) is 10.6 Å². The summed E-state index contributed by atoms with van der Waals surface area (Å²) in [6.07, 6.45) is 0. The second-order valence-electron chi connectivity index (χ2n) is 7.35. The molecule has 0 fully saturated rings. The number of benzene rings is 2. The molecule has 0 saturated carbocycles. The van der Waals surface area contributed by atoms with E-state index in [4.69, 9.17) is 26.8 Å². The Morgan fingerprint density at radius 3 is 2.57 bits per heavy atom. The summed E-state index contributed by atoms with van der Waals surface area (Å²) in [5.74, 6) is 1.76. The lowest BCUT2D eigenvalue weighted by Gasteiger charge is -2.16. The molecule has 0 aliphatic heterocycles. The average molecular weight is 427 g/mol. The lowest BCUT2D eigenvalue weighted by Crippen LogP contribution is -2.22. The first-order chi connectivity index (χ1) is 14.5. The average Bonchev–Trinajstić information content (AvgIpc) is 3.03. The number of nitrogens with zero attached hydrogens (tertiary/aromatic N) is 4. The Kier molecular flexibility index (Phi) is 7.79. The summed E-state index contributed by atoms with van der Waals surface area (Å²) in [4.78, 5) is 2.19. The minimum absolute atomic E-state index is 0.584. The van der Waals surface area contributed by atoms with Gasteiger partial charge in [-0.05, 0) is 56.9 Å². The summed E-state index contributed by atoms with van der Waals surface area (Å²) in [5.41, 5.74) is 3.47. The van der Waals surface area contributed by atoms with E-state index in [2.05, 4.69) is 53.8 Å². The van der Waals surface area contributed by atoms with E-state index in [-0.39, 0.29) is 0 Å². The van der Waals surface area contributed by atoms with Crippen molar-refractivity contribution in [2.75, 3.05) is 27.4 Å². The Morgan fingerprint density at radius 2 is 1.90 bits per heavy atom. The predicted molar refractivity (Wildman–Crippen MR) is 122 cm³/mol. The molecule has 6 nitrogen and oxygen atoms in total. The molecule has 0 unspecified atom stereocenters. The second kappa shape index (κ2) is 10.5. The number of ether oxygens (including phenoxy) is 2. The molecule has 0 aliphatic carbocycles. The van der Waals surface area contributed by atoms with Crippen LogP contribution in [-0.4, -0.2) is 46.6 Å². The Labute approximate surface area is 183 Å². The molecule has 2 aromatic carbocycles. The molecule has 0 aliphatic rings. The molecule has 0 spiro atoms. The Hall–Kier alpha value is -2.48. The van der Waals surface area contributed by atoms with Crippen LogP contribution in [0, 0.1) is 11.7 Å². The molecule has 160 valence electrons.